The van der Waals surface area contributed by atoms with Gasteiger partial charge in [0, 0.05) is 34.8 Å². The second kappa shape index (κ2) is 8.08. The number of pyridine rings is 1. The summed E-state index contributed by atoms with van der Waals surface area (Å²) in [5.41, 5.74) is 3.74. The summed E-state index contributed by atoms with van der Waals surface area (Å²) < 4.78 is 13.1. The maximum Gasteiger partial charge on any atom is 0.280 e. The average molecular weight is 412 g/mol. The number of aliphatic hydroxyl groups is 2. The first kappa shape index (κ1) is 19.2. The van der Waals surface area contributed by atoms with Crippen LogP contribution in [0, 0.1) is 5.82 Å². The van der Waals surface area contributed by atoms with Crippen molar-refractivity contribution in [2.75, 3.05) is 13.2 Å². The fourth-order valence-corrected chi connectivity index (χ4v) is 3.54. The summed E-state index contributed by atoms with van der Waals surface area (Å²) in [5, 5.41) is 23.5. The summed E-state index contributed by atoms with van der Waals surface area (Å²) >= 11 is 1.18. The lowest BCUT2D eigenvalue weighted by molar-refractivity contribution is 0.0802. The van der Waals surface area contributed by atoms with E-state index in [1.54, 1.807) is 23.7 Å². The number of nitrogens with zero attached hydrogens (tertiary/aromatic N) is 2. The highest BCUT2D eigenvalue weighted by molar-refractivity contribution is 7.12. The van der Waals surface area contributed by atoms with Gasteiger partial charge in [-0.15, -0.1) is 11.3 Å². The maximum absolute atomic E-state index is 13.1. The molecule has 0 aliphatic heterocycles. The molecule has 0 fully saturated rings. The molecule has 0 radical (unpaired) electrons. The van der Waals surface area contributed by atoms with Gasteiger partial charge >= 0.3 is 0 Å². The van der Waals surface area contributed by atoms with Crippen LogP contribution in [0.1, 0.15) is 9.80 Å². The molecule has 0 saturated heterocycles. The first-order chi connectivity index (χ1) is 14.0. The Bertz CT molecular complexity index is 1160. The Hall–Kier alpha value is -3.14. The summed E-state index contributed by atoms with van der Waals surface area (Å²) in [6, 6.07) is 10.0. The van der Waals surface area contributed by atoms with E-state index >= 15 is 0 Å². The molecule has 4 N–H and O–H groups in total. The van der Waals surface area contributed by atoms with Gasteiger partial charge in [0.15, 0.2) is 5.01 Å². The summed E-state index contributed by atoms with van der Waals surface area (Å²) in [4.78, 5) is 24.1. The number of aromatic nitrogens is 3. The van der Waals surface area contributed by atoms with Crippen molar-refractivity contribution in [3.63, 3.8) is 0 Å². The second-order valence-corrected chi connectivity index (χ2v) is 7.29. The predicted molar refractivity (Wildman–Crippen MR) is 108 cm³/mol. The second-order valence-electron chi connectivity index (χ2n) is 6.44. The third-order valence-electron chi connectivity index (χ3n) is 4.33. The van der Waals surface area contributed by atoms with E-state index in [-0.39, 0.29) is 17.4 Å². The van der Waals surface area contributed by atoms with E-state index in [0.29, 0.717) is 11.3 Å². The predicted octanol–water partition coefficient (Wildman–Crippen LogP) is 2.58. The molecule has 3 aromatic heterocycles. The topological polar surface area (TPSA) is 111 Å². The van der Waals surface area contributed by atoms with Crippen molar-refractivity contribution in [1.29, 1.82) is 0 Å². The first-order valence-electron chi connectivity index (χ1n) is 8.81. The Morgan fingerprint density at radius 2 is 2.03 bits per heavy atom. The van der Waals surface area contributed by atoms with E-state index in [4.69, 9.17) is 5.11 Å². The average Bonchev–Trinajstić information content (AvgIpc) is 3.39. The number of aliphatic hydroxyl groups excluding tert-OH is 2. The van der Waals surface area contributed by atoms with Crippen LogP contribution in [0.2, 0.25) is 0 Å². The van der Waals surface area contributed by atoms with Gasteiger partial charge in [0.05, 0.1) is 18.4 Å². The summed E-state index contributed by atoms with van der Waals surface area (Å²) in [6.07, 6.45) is 0.661. The standard InChI is InChI=1S/C20H17FN4O3S/c21-14-3-1-11(2-4-14)16-6-12-5-13(7-22-18(12)24-16)17-10-29-20(25-17)19(28)23-8-15(27)9-26/h1-7,10,15,26-27H,8-9H2,(H,22,24)(H,23,28). The number of amides is 1. The molecule has 1 amide bonds. The van der Waals surface area contributed by atoms with Crippen molar-refractivity contribution in [1.82, 2.24) is 20.3 Å². The van der Waals surface area contributed by atoms with Crippen molar-refractivity contribution in [2.45, 2.75) is 6.10 Å². The van der Waals surface area contributed by atoms with Crippen molar-refractivity contribution < 1.29 is 19.4 Å². The molecule has 0 saturated carbocycles. The molecule has 3 heterocycles. The maximum atomic E-state index is 13.1. The van der Waals surface area contributed by atoms with Gasteiger partial charge in [-0.25, -0.2) is 14.4 Å². The van der Waals surface area contributed by atoms with Gasteiger partial charge in [-0.2, -0.15) is 0 Å². The highest BCUT2D eigenvalue weighted by atomic mass is 32.1. The highest BCUT2D eigenvalue weighted by Crippen LogP contribution is 2.28. The van der Waals surface area contributed by atoms with Crippen LogP contribution >= 0.6 is 11.3 Å². The number of benzene rings is 1. The van der Waals surface area contributed by atoms with Crippen LogP contribution in [-0.2, 0) is 0 Å². The van der Waals surface area contributed by atoms with E-state index in [9.17, 15) is 14.3 Å². The number of thiazole rings is 1. The minimum atomic E-state index is -1.01. The Balaban J connectivity index is 1.56. The zero-order chi connectivity index (χ0) is 20.4. The number of nitrogens with one attached hydrogen (secondary N) is 2. The number of rotatable bonds is 6. The molecule has 1 unspecified atom stereocenters. The molecule has 1 atom stereocenters. The number of H-pyrrole nitrogens is 1. The molecule has 29 heavy (non-hydrogen) atoms. The minimum absolute atomic E-state index is 0.0483. The van der Waals surface area contributed by atoms with Gasteiger partial charge in [0.1, 0.15) is 11.5 Å². The fourth-order valence-electron chi connectivity index (χ4n) is 2.80. The number of aromatic amines is 1. The molecule has 0 aliphatic rings. The highest BCUT2D eigenvalue weighted by Gasteiger charge is 2.14. The normalized spacial score (nSPS) is 12.2. The van der Waals surface area contributed by atoms with E-state index in [1.807, 2.05) is 12.1 Å². The molecule has 9 heteroatoms. The number of hydrogen-bond acceptors (Lipinski definition) is 6. The van der Waals surface area contributed by atoms with Crippen LogP contribution in [0.5, 0.6) is 0 Å². The largest absolute Gasteiger partial charge is 0.394 e. The molecule has 4 rings (SSSR count). The third-order valence-corrected chi connectivity index (χ3v) is 5.17. The lowest BCUT2D eigenvalue weighted by atomic mass is 10.1. The minimum Gasteiger partial charge on any atom is -0.394 e. The molecular weight excluding hydrogens is 395 g/mol. The quantitative estimate of drug-likeness (QED) is 0.389. The Kier molecular flexibility index (Phi) is 5.34. The third kappa shape index (κ3) is 4.16. The molecule has 0 bridgehead atoms. The van der Waals surface area contributed by atoms with Gasteiger partial charge in [0.2, 0.25) is 0 Å². The smallest absolute Gasteiger partial charge is 0.280 e. The van der Waals surface area contributed by atoms with E-state index in [1.165, 1.54) is 23.5 Å². The molecule has 1 aromatic carbocycles. The molecule has 0 aliphatic carbocycles. The van der Waals surface area contributed by atoms with Gasteiger partial charge < -0.3 is 20.5 Å². The Labute approximate surface area is 168 Å². The lowest BCUT2D eigenvalue weighted by Gasteiger charge is -2.07. The fraction of sp³-hybridized carbons (Fsp3) is 0.150. The number of halogens is 1. The lowest BCUT2D eigenvalue weighted by Crippen LogP contribution is -2.33. The SMILES string of the molecule is O=C(NCC(O)CO)c1nc(-c2cnc3[nH]c(-c4ccc(F)cc4)cc3c2)cs1. The van der Waals surface area contributed by atoms with Gasteiger partial charge in [-0.3, -0.25) is 4.79 Å². The molecule has 7 nitrogen and oxygen atoms in total. The number of hydrogen-bond donors (Lipinski definition) is 4. The monoisotopic (exact) mass is 412 g/mol. The summed E-state index contributed by atoms with van der Waals surface area (Å²) in [5.74, 6) is -0.706. The van der Waals surface area contributed by atoms with Crippen molar-refractivity contribution in [3.05, 3.63) is 58.8 Å². The molecule has 4 aromatic rings. The van der Waals surface area contributed by atoms with Crippen LogP contribution < -0.4 is 5.32 Å². The van der Waals surface area contributed by atoms with Crippen LogP contribution in [0.3, 0.4) is 0 Å². The van der Waals surface area contributed by atoms with E-state index < -0.39 is 18.6 Å². The van der Waals surface area contributed by atoms with Gasteiger partial charge in [-0.1, -0.05) is 0 Å². The first-order valence-corrected chi connectivity index (χ1v) is 9.69. The van der Waals surface area contributed by atoms with E-state index in [2.05, 4.69) is 20.3 Å². The number of fused-ring (bicyclic) bond motifs is 1. The number of carbonyl (C=O) groups is 1. The molecule has 0 spiro atoms. The van der Waals surface area contributed by atoms with Gasteiger partial charge in [-0.05, 0) is 42.0 Å². The zero-order valence-electron chi connectivity index (χ0n) is 15.1. The van der Waals surface area contributed by atoms with Crippen LogP contribution in [0.4, 0.5) is 4.39 Å². The summed E-state index contributed by atoms with van der Waals surface area (Å²) in [6.45, 7) is -0.473. The Morgan fingerprint density at radius 3 is 2.79 bits per heavy atom. The molecule has 148 valence electrons. The van der Waals surface area contributed by atoms with Crippen molar-refractivity contribution >= 4 is 28.3 Å². The number of carbonyl (C=O) groups excluding carboxylic acids is 1. The van der Waals surface area contributed by atoms with Gasteiger partial charge in [0.25, 0.3) is 5.91 Å². The van der Waals surface area contributed by atoms with Crippen LogP contribution in [-0.4, -0.2) is 50.3 Å². The summed E-state index contributed by atoms with van der Waals surface area (Å²) in [7, 11) is 0. The van der Waals surface area contributed by atoms with Crippen molar-refractivity contribution in [2.24, 2.45) is 0 Å². The van der Waals surface area contributed by atoms with E-state index in [0.717, 1.165) is 22.2 Å². The Morgan fingerprint density at radius 1 is 1.24 bits per heavy atom. The van der Waals surface area contributed by atoms with Crippen molar-refractivity contribution in [3.8, 4) is 22.5 Å². The zero-order valence-corrected chi connectivity index (χ0v) is 15.9. The van der Waals surface area contributed by atoms with Crippen LogP contribution in [0.25, 0.3) is 33.5 Å². The molecular formula is C20H17FN4O3S. The van der Waals surface area contributed by atoms with Crippen LogP contribution in [0.15, 0.2) is 48.0 Å².